The molecule has 3 aromatic rings. The maximum Gasteiger partial charge on any atom is 0.270 e. The van der Waals surface area contributed by atoms with Crippen LogP contribution >= 0.6 is 0 Å². The number of phenols is 1. The number of carbonyl (C=O) groups is 2. The van der Waals surface area contributed by atoms with Crippen molar-refractivity contribution in [3.05, 3.63) is 96.1 Å². The Morgan fingerprint density at radius 1 is 0.690 bits per heavy atom. The predicted octanol–water partition coefficient (Wildman–Crippen LogP) is 3.79. The van der Waals surface area contributed by atoms with Crippen LogP contribution in [0.3, 0.4) is 0 Å². The second kappa shape index (κ2) is 7.44. The van der Waals surface area contributed by atoms with Gasteiger partial charge in [0.1, 0.15) is 11.3 Å². The molecule has 0 bridgehead atoms. The molecule has 1 heterocycles. The molecule has 142 valence electrons. The summed E-state index contributed by atoms with van der Waals surface area (Å²) < 4.78 is 0. The lowest BCUT2D eigenvalue weighted by Crippen LogP contribution is -2.57. The SMILES string of the molecule is N=C1N(c2ccccc2)C(=O)C(=Cc2ccccc2O)C(=O)N1c1ccccc1. The van der Waals surface area contributed by atoms with Crippen molar-refractivity contribution in [1.82, 2.24) is 0 Å². The molecule has 1 fully saturated rings. The minimum Gasteiger partial charge on any atom is -0.507 e. The van der Waals surface area contributed by atoms with Crippen molar-refractivity contribution in [2.24, 2.45) is 0 Å². The van der Waals surface area contributed by atoms with Crippen LogP contribution in [0.2, 0.25) is 0 Å². The largest absolute Gasteiger partial charge is 0.507 e. The predicted molar refractivity (Wildman–Crippen MR) is 112 cm³/mol. The summed E-state index contributed by atoms with van der Waals surface area (Å²) in [4.78, 5) is 28.8. The van der Waals surface area contributed by atoms with Crippen LogP contribution in [0.4, 0.5) is 11.4 Å². The van der Waals surface area contributed by atoms with Crippen LogP contribution in [0, 0.1) is 5.41 Å². The Morgan fingerprint density at radius 2 is 1.14 bits per heavy atom. The van der Waals surface area contributed by atoms with Gasteiger partial charge in [-0.3, -0.25) is 15.0 Å². The number of rotatable bonds is 3. The summed E-state index contributed by atoms with van der Waals surface area (Å²) in [5.41, 5.74) is 1.15. The zero-order valence-electron chi connectivity index (χ0n) is 15.3. The maximum atomic E-state index is 13.2. The number of hydrogen-bond acceptors (Lipinski definition) is 4. The molecule has 0 radical (unpaired) electrons. The van der Waals surface area contributed by atoms with E-state index in [9.17, 15) is 14.7 Å². The number of benzene rings is 3. The molecule has 0 spiro atoms. The Balaban J connectivity index is 1.89. The smallest absolute Gasteiger partial charge is 0.270 e. The van der Waals surface area contributed by atoms with Gasteiger partial charge in [0.15, 0.2) is 0 Å². The first-order valence-corrected chi connectivity index (χ1v) is 8.95. The highest BCUT2D eigenvalue weighted by Crippen LogP contribution is 2.30. The first-order valence-electron chi connectivity index (χ1n) is 8.95. The van der Waals surface area contributed by atoms with Crippen LogP contribution < -0.4 is 9.80 Å². The number of guanidine groups is 1. The van der Waals surface area contributed by atoms with Gasteiger partial charge < -0.3 is 5.11 Å². The van der Waals surface area contributed by atoms with Crippen molar-refractivity contribution in [3.63, 3.8) is 0 Å². The normalized spacial score (nSPS) is 14.3. The molecular formula is C23H17N3O3. The molecule has 1 aliphatic heterocycles. The third-order valence-corrected chi connectivity index (χ3v) is 4.56. The second-order valence-corrected chi connectivity index (χ2v) is 6.39. The number of anilines is 2. The Hall–Kier alpha value is -4.19. The lowest BCUT2D eigenvalue weighted by Gasteiger charge is -2.36. The molecule has 0 aliphatic carbocycles. The van der Waals surface area contributed by atoms with Gasteiger partial charge in [0.2, 0.25) is 5.96 Å². The van der Waals surface area contributed by atoms with E-state index in [4.69, 9.17) is 5.41 Å². The van der Waals surface area contributed by atoms with Crippen LogP contribution in [0.25, 0.3) is 6.08 Å². The van der Waals surface area contributed by atoms with Gasteiger partial charge in [0.05, 0.1) is 11.4 Å². The molecule has 2 amide bonds. The topological polar surface area (TPSA) is 84.7 Å². The van der Waals surface area contributed by atoms with E-state index in [1.165, 1.54) is 21.9 Å². The first kappa shape index (κ1) is 18.2. The highest BCUT2D eigenvalue weighted by Gasteiger charge is 2.41. The minimum atomic E-state index is -0.623. The van der Waals surface area contributed by atoms with Crippen molar-refractivity contribution in [1.29, 1.82) is 5.41 Å². The maximum absolute atomic E-state index is 13.2. The highest BCUT2D eigenvalue weighted by atomic mass is 16.3. The van der Waals surface area contributed by atoms with Crippen molar-refractivity contribution in [2.75, 3.05) is 9.80 Å². The second-order valence-electron chi connectivity index (χ2n) is 6.39. The summed E-state index contributed by atoms with van der Waals surface area (Å²) in [7, 11) is 0. The van der Waals surface area contributed by atoms with Gasteiger partial charge in [-0.05, 0) is 36.4 Å². The Morgan fingerprint density at radius 3 is 1.62 bits per heavy atom. The van der Waals surface area contributed by atoms with Gasteiger partial charge >= 0.3 is 0 Å². The van der Waals surface area contributed by atoms with Gasteiger partial charge in [0.25, 0.3) is 11.8 Å². The third kappa shape index (κ3) is 3.27. The van der Waals surface area contributed by atoms with E-state index >= 15 is 0 Å². The number of phenolic OH excluding ortho intramolecular Hbond substituents is 1. The summed E-state index contributed by atoms with van der Waals surface area (Å²) in [6.07, 6.45) is 1.36. The molecule has 29 heavy (non-hydrogen) atoms. The zero-order chi connectivity index (χ0) is 20.4. The van der Waals surface area contributed by atoms with E-state index in [1.807, 2.05) is 0 Å². The van der Waals surface area contributed by atoms with E-state index in [0.717, 1.165) is 0 Å². The Labute approximate surface area is 167 Å². The minimum absolute atomic E-state index is 0.0428. The summed E-state index contributed by atoms with van der Waals surface area (Å²) >= 11 is 0. The number of hydrogen-bond donors (Lipinski definition) is 2. The standard InChI is InChI=1S/C23H17N3O3/c24-23-25(17-10-3-1-4-11-17)21(28)19(15-16-9-7-8-14-20(16)27)22(29)26(23)18-12-5-2-6-13-18/h1-15,24,27H. The van der Waals surface area contributed by atoms with Crippen molar-refractivity contribution in [3.8, 4) is 5.75 Å². The van der Waals surface area contributed by atoms with Gasteiger partial charge in [-0.1, -0.05) is 54.6 Å². The van der Waals surface area contributed by atoms with Crippen molar-refractivity contribution in [2.45, 2.75) is 0 Å². The molecule has 0 saturated carbocycles. The molecule has 0 atom stereocenters. The number of para-hydroxylation sites is 3. The molecule has 4 rings (SSSR count). The monoisotopic (exact) mass is 383 g/mol. The molecular weight excluding hydrogens is 366 g/mol. The summed E-state index contributed by atoms with van der Waals surface area (Å²) in [6.45, 7) is 0. The van der Waals surface area contributed by atoms with E-state index in [0.29, 0.717) is 16.9 Å². The van der Waals surface area contributed by atoms with Gasteiger partial charge in [-0.15, -0.1) is 0 Å². The van der Waals surface area contributed by atoms with Crippen LogP contribution in [-0.4, -0.2) is 22.9 Å². The molecule has 3 aromatic carbocycles. The molecule has 6 heteroatoms. The van der Waals surface area contributed by atoms with E-state index in [-0.39, 0.29) is 17.3 Å². The molecule has 2 N–H and O–H groups in total. The van der Waals surface area contributed by atoms with Gasteiger partial charge in [-0.25, -0.2) is 9.80 Å². The van der Waals surface area contributed by atoms with Crippen LogP contribution in [0.15, 0.2) is 90.5 Å². The number of aromatic hydroxyl groups is 1. The highest BCUT2D eigenvalue weighted by molar-refractivity contribution is 6.46. The van der Waals surface area contributed by atoms with Crippen LogP contribution in [-0.2, 0) is 9.59 Å². The fraction of sp³-hybridized carbons (Fsp3) is 0. The van der Waals surface area contributed by atoms with Gasteiger partial charge in [-0.2, -0.15) is 0 Å². The lowest BCUT2D eigenvalue weighted by atomic mass is 10.0. The number of nitrogens with one attached hydrogen (secondary N) is 1. The molecule has 6 nitrogen and oxygen atoms in total. The average molecular weight is 383 g/mol. The summed E-state index contributed by atoms with van der Waals surface area (Å²) in [6, 6.07) is 23.9. The van der Waals surface area contributed by atoms with Gasteiger partial charge in [0, 0.05) is 5.56 Å². The van der Waals surface area contributed by atoms with Crippen LogP contribution in [0.5, 0.6) is 5.75 Å². The van der Waals surface area contributed by atoms with E-state index < -0.39 is 11.8 Å². The summed E-state index contributed by atoms with van der Waals surface area (Å²) in [5, 5.41) is 18.7. The number of amides is 2. The zero-order valence-corrected chi connectivity index (χ0v) is 15.3. The van der Waals surface area contributed by atoms with Crippen molar-refractivity contribution >= 4 is 35.2 Å². The molecule has 1 saturated heterocycles. The third-order valence-electron chi connectivity index (χ3n) is 4.56. The van der Waals surface area contributed by atoms with E-state index in [1.54, 1.807) is 78.9 Å². The number of nitrogens with zero attached hydrogens (tertiary/aromatic N) is 2. The van der Waals surface area contributed by atoms with Crippen LogP contribution in [0.1, 0.15) is 5.56 Å². The fourth-order valence-corrected chi connectivity index (χ4v) is 3.15. The Kier molecular flexibility index (Phi) is 4.66. The Bertz CT molecular complexity index is 1060. The number of carbonyl (C=O) groups excluding carboxylic acids is 2. The molecule has 1 aliphatic rings. The lowest BCUT2D eigenvalue weighted by molar-refractivity contribution is -0.120. The average Bonchev–Trinajstić information content (AvgIpc) is 2.74. The molecule has 0 aromatic heterocycles. The van der Waals surface area contributed by atoms with Crippen molar-refractivity contribution < 1.29 is 14.7 Å². The van der Waals surface area contributed by atoms with E-state index in [2.05, 4.69) is 0 Å². The quantitative estimate of drug-likeness (QED) is 0.533. The molecule has 0 unspecified atom stereocenters. The fourth-order valence-electron chi connectivity index (χ4n) is 3.15. The summed E-state index contributed by atoms with van der Waals surface area (Å²) in [5.74, 6) is -1.55. The first-order chi connectivity index (χ1) is 14.1.